The molecule has 0 saturated heterocycles. The molecule has 0 spiro atoms. The van der Waals surface area contributed by atoms with Crippen LogP contribution in [-0.4, -0.2) is 22.2 Å². The Morgan fingerprint density at radius 2 is 2.00 bits per heavy atom. The molecule has 90 valence electrons. The van der Waals surface area contributed by atoms with Crippen LogP contribution in [-0.2, 0) is 6.54 Å². The summed E-state index contributed by atoms with van der Waals surface area (Å²) in [6.45, 7) is 4.41. The molecule has 0 aliphatic carbocycles. The van der Waals surface area contributed by atoms with Gasteiger partial charge in [-0.1, -0.05) is 5.16 Å². The molecular weight excluding hydrogens is 218 g/mol. The van der Waals surface area contributed by atoms with Crippen molar-refractivity contribution in [2.45, 2.75) is 20.4 Å². The summed E-state index contributed by atoms with van der Waals surface area (Å²) in [5, 5.41) is 10.1. The number of hydrogen-bond donors (Lipinski definition) is 2. The van der Waals surface area contributed by atoms with Crippen molar-refractivity contribution >= 4 is 11.6 Å². The topological polar surface area (TPSA) is 75.9 Å². The summed E-state index contributed by atoms with van der Waals surface area (Å²) in [5.41, 5.74) is 1.83. The fourth-order valence-corrected chi connectivity index (χ4v) is 1.55. The minimum absolute atomic E-state index is 0.580. The van der Waals surface area contributed by atoms with E-state index in [0.717, 1.165) is 28.7 Å². The van der Waals surface area contributed by atoms with Gasteiger partial charge in [-0.15, -0.1) is 0 Å². The summed E-state index contributed by atoms with van der Waals surface area (Å²) >= 11 is 0. The molecule has 2 aromatic heterocycles. The standard InChI is InChI=1S/C11H15N5O/c1-7-10(12-3)14-8(2)15-11(7)13-6-9-4-5-17-16-9/h4-5H,6H2,1-3H3,(H2,12,13,14,15). The molecule has 6 nitrogen and oxygen atoms in total. The number of aromatic nitrogens is 3. The lowest BCUT2D eigenvalue weighted by Gasteiger charge is -2.11. The summed E-state index contributed by atoms with van der Waals surface area (Å²) in [6.07, 6.45) is 1.55. The second kappa shape index (κ2) is 4.82. The van der Waals surface area contributed by atoms with Gasteiger partial charge < -0.3 is 15.2 Å². The Bertz CT molecular complexity index is 495. The summed E-state index contributed by atoms with van der Waals surface area (Å²) < 4.78 is 4.77. The summed E-state index contributed by atoms with van der Waals surface area (Å²) in [5.74, 6) is 2.37. The quantitative estimate of drug-likeness (QED) is 0.837. The van der Waals surface area contributed by atoms with Crippen LogP contribution in [0.15, 0.2) is 16.9 Å². The van der Waals surface area contributed by atoms with Gasteiger partial charge in [-0.25, -0.2) is 9.97 Å². The molecule has 6 heteroatoms. The fraction of sp³-hybridized carbons (Fsp3) is 0.364. The van der Waals surface area contributed by atoms with Crippen LogP contribution in [0.5, 0.6) is 0 Å². The van der Waals surface area contributed by atoms with Crippen molar-refractivity contribution in [2.75, 3.05) is 17.7 Å². The largest absolute Gasteiger partial charge is 0.373 e. The molecule has 0 aliphatic heterocycles. The minimum atomic E-state index is 0.580. The first-order valence-corrected chi connectivity index (χ1v) is 5.37. The van der Waals surface area contributed by atoms with E-state index >= 15 is 0 Å². The molecule has 0 radical (unpaired) electrons. The average molecular weight is 233 g/mol. The van der Waals surface area contributed by atoms with E-state index in [0.29, 0.717) is 6.54 Å². The highest BCUT2D eigenvalue weighted by molar-refractivity contribution is 5.56. The Morgan fingerprint density at radius 3 is 2.65 bits per heavy atom. The molecule has 2 heterocycles. The van der Waals surface area contributed by atoms with E-state index in [1.165, 1.54) is 0 Å². The zero-order valence-electron chi connectivity index (χ0n) is 10.1. The molecule has 2 rings (SSSR count). The molecule has 0 fully saturated rings. The van der Waals surface area contributed by atoms with E-state index in [4.69, 9.17) is 4.52 Å². The molecule has 0 bridgehead atoms. The number of hydrogen-bond acceptors (Lipinski definition) is 6. The number of nitrogens with zero attached hydrogens (tertiary/aromatic N) is 3. The molecule has 2 aromatic rings. The molecule has 0 aliphatic rings. The van der Waals surface area contributed by atoms with Gasteiger partial charge in [-0.05, 0) is 13.8 Å². The van der Waals surface area contributed by atoms with Crippen LogP contribution in [0.1, 0.15) is 17.1 Å². The maximum Gasteiger partial charge on any atom is 0.135 e. The van der Waals surface area contributed by atoms with Gasteiger partial charge in [-0.3, -0.25) is 0 Å². The molecule has 0 amide bonds. The number of nitrogens with one attached hydrogen (secondary N) is 2. The normalized spacial score (nSPS) is 10.3. The van der Waals surface area contributed by atoms with Crippen molar-refractivity contribution in [3.63, 3.8) is 0 Å². The van der Waals surface area contributed by atoms with Gasteiger partial charge >= 0.3 is 0 Å². The Labute approximate surface area is 99.5 Å². The second-order valence-corrected chi connectivity index (χ2v) is 3.69. The van der Waals surface area contributed by atoms with Crippen LogP contribution in [0.4, 0.5) is 11.6 Å². The van der Waals surface area contributed by atoms with Gasteiger partial charge in [0.05, 0.1) is 6.54 Å². The number of rotatable bonds is 4. The highest BCUT2D eigenvalue weighted by atomic mass is 16.5. The van der Waals surface area contributed by atoms with Gasteiger partial charge in [0.25, 0.3) is 0 Å². The highest BCUT2D eigenvalue weighted by Crippen LogP contribution is 2.19. The van der Waals surface area contributed by atoms with Gasteiger partial charge in [0.15, 0.2) is 0 Å². The maximum atomic E-state index is 4.77. The number of anilines is 2. The van der Waals surface area contributed by atoms with Crippen LogP contribution >= 0.6 is 0 Å². The zero-order valence-corrected chi connectivity index (χ0v) is 10.1. The van der Waals surface area contributed by atoms with E-state index < -0.39 is 0 Å². The third-order valence-corrected chi connectivity index (χ3v) is 2.42. The second-order valence-electron chi connectivity index (χ2n) is 3.69. The third-order valence-electron chi connectivity index (χ3n) is 2.42. The Hall–Kier alpha value is -2.11. The highest BCUT2D eigenvalue weighted by Gasteiger charge is 2.08. The van der Waals surface area contributed by atoms with Gasteiger partial charge in [0.1, 0.15) is 29.4 Å². The van der Waals surface area contributed by atoms with Crippen molar-refractivity contribution in [1.82, 2.24) is 15.1 Å². The Kier molecular flexibility index (Phi) is 3.22. The number of aryl methyl sites for hydroxylation is 1. The SMILES string of the molecule is CNc1nc(C)nc(NCc2ccon2)c1C. The summed E-state index contributed by atoms with van der Waals surface area (Å²) in [7, 11) is 1.84. The minimum Gasteiger partial charge on any atom is -0.373 e. The predicted molar refractivity (Wildman–Crippen MR) is 64.9 cm³/mol. The summed E-state index contributed by atoms with van der Waals surface area (Å²) in [6, 6.07) is 1.81. The van der Waals surface area contributed by atoms with Crippen molar-refractivity contribution in [3.05, 3.63) is 29.4 Å². The lowest BCUT2D eigenvalue weighted by Crippen LogP contribution is -2.08. The van der Waals surface area contributed by atoms with Crippen LogP contribution < -0.4 is 10.6 Å². The predicted octanol–water partition coefficient (Wildman–Crippen LogP) is 1.74. The van der Waals surface area contributed by atoms with E-state index in [1.807, 2.05) is 27.0 Å². The monoisotopic (exact) mass is 233 g/mol. The first kappa shape index (κ1) is 11.4. The first-order valence-electron chi connectivity index (χ1n) is 5.37. The lowest BCUT2D eigenvalue weighted by atomic mass is 10.3. The van der Waals surface area contributed by atoms with Gasteiger partial charge in [-0.2, -0.15) is 0 Å². The molecule has 17 heavy (non-hydrogen) atoms. The van der Waals surface area contributed by atoms with Crippen molar-refractivity contribution in [3.8, 4) is 0 Å². The lowest BCUT2D eigenvalue weighted by molar-refractivity contribution is 0.412. The molecule has 0 aromatic carbocycles. The smallest absolute Gasteiger partial charge is 0.135 e. The molecule has 0 saturated carbocycles. The van der Waals surface area contributed by atoms with E-state index in [9.17, 15) is 0 Å². The first-order chi connectivity index (χ1) is 8.20. The van der Waals surface area contributed by atoms with Gasteiger partial charge in [0, 0.05) is 18.7 Å². The molecule has 0 atom stereocenters. The third kappa shape index (κ3) is 2.52. The van der Waals surface area contributed by atoms with Crippen LogP contribution in [0.25, 0.3) is 0 Å². The zero-order chi connectivity index (χ0) is 12.3. The molecular formula is C11H15N5O. The Morgan fingerprint density at radius 1 is 1.24 bits per heavy atom. The molecule has 0 unspecified atom stereocenters. The van der Waals surface area contributed by atoms with Crippen LogP contribution in [0.2, 0.25) is 0 Å². The average Bonchev–Trinajstić information content (AvgIpc) is 2.82. The fourth-order valence-electron chi connectivity index (χ4n) is 1.55. The van der Waals surface area contributed by atoms with Gasteiger partial charge in [0.2, 0.25) is 0 Å². The Balaban J connectivity index is 2.17. The summed E-state index contributed by atoms with van der Waals surface area (Å²) in [4.78, 5) is 8.66. The van der Waals surface area contributed by atoms with Crippen LogP contribution in [0.3, 0.4) is 0 Å². The molecule has 2 N–H and O–H groups in total. The maximum absolute atomic E-state index is 4.77. The van der Waals surface area contributed by atoms with E-state index in [2.05, 4.69) is 25.8 Å². The van der Waals surface area contributed by atoms with Crippen molar-refractivity contribution < 1.29 is 4.52 Å². The van der Waals surface area contributed by atoms with Crippen molar-refractivity contribution in [2.24, 2.45) is 0 Å². The van der Waals surface area contributed by atoms with E-state index in [1.54, 1.807) is 6.26 Å². The van der Waals surface area contributed by atoms with E-state index in [-0.39, 0.29) is 0 Å². The van der Waals surface area contributed by atoms with Crippen LogP contribution in [0, 0.1) is 13.8 Å². The van der Waals surface area contributed by atoms with Crippen molar-refractivity contribution in [1.29, 1.82) is 0 Å².